The molecule has 1 atom stereocenters. The van der Waals surface area contributed by atoms with Gasteiger partial charge in [0, 0.05) is 11.4 Å². The molecule has 0 N–H and O–H groups in total. The van der Waals surface area contributed by atoms with Crippen molar-refractivity contribution >= 4 is 23.0 Å². The van der Waals surface area contributed by atoms with E-state index < -0.39 is 0 Å². The molecule has 0 aliphatic heterocycles. The number of benzene rings is 2. The fourth-order valence-electron chi connectivity index (χ4n) is 4.45. The van der Waals surface area contributed by atoms with Gasteiger partial charge in [0.25, 0.3) is 0 Å². The molecule has 0 saturated carbocycles. The van der Waals surface area contributed by atoms with E-state index in [-0.39, 0.29) is 11.7 Å². The van der Waals surface area contributed by atoms with Gasteiger partial charge in [0.15, 0.2) is 17.1 Å². The van der Waals surface area contributed by atoms with Crippen LogP contribution < -0.4 is 0 Å². The van der Waals surface area contributed by atoms with Crippen LogP contribution >= 0.6 is 11.6 Å². The van der Waals surface area contributed by atoms with Crippen molar-refractivity contribution in [1.82, 2.24) is 19.8 Å². The van der Waals surface area contributed by atoms with Crippen LogP contribution in [0, 0.1) is 6.92 Å². The van der Waals surface area contributed by atoms with Gasteiger partial charge >= 0.3 is 0 Å². The standard InChI is InChI=1S/C25H23ClN4O/c1-14(2)16-7-9-17(10-8-16)19-12-21-24(22(31)13-19)27-28-25-23(15(3)29-30(21)25)18-5-4-6-20(26)11-18/h4-11,14,19H,12-13H2,1-3H3. The minimum absolute atomic E-state index is 0.0195. The maximum atomic E-state index is 12.9. The first-order valence-electron chi connectivity index (χ1n) is 10.6. The average Bonchev–Trinajstić information content (AvgIpc) is 3.10. The Morgan fingerprint density at radius 1 is 1.06 bits per heavy atom. The van der Waals surface area contributed by atoms with Crippen LogP contribution in [0.2, 0.25) is 5.02 Å². The molecule has 0 bridgehead atoms. The number of ketones is 1. The molecule has 1 aliphatic rings. The molecule has 2 aromatic heterocycles. The van der Waals surface area contributed by atoms with Crippen LogP contribution in [0.25, 0.3) is 16.8 Å². The summed E-state index contributed by atoms with van der Waals surface area (Å²) in [5, 5.41) is 14.1. The van der Waals surface area contributed by atoms with E-state index in [1.807, 2.05) is 31.2 Å². The highest BCUT2D eigenvalue weighted by Crippen LogP contribution is 2.35. The van der Waals surface area contributed by atoms with Crippen LogP contribution in [0.1, 0.15) is 65.1 Å². The SMILES string of the molecule is Cc1nn2c3c(nnc2c1-c1cccc(Cl)c1)C(=O)CC(c1ccc(C(C)C)cc1)C3. The molecule has 5 nitrogen and oxygen atoms in total. The first-order chi connectivity index (χ1) is 14.9. The van der Waals surface area contributed by atoms with Crippen molar-refractivity contribution in [3.8, 4) is 11.1 Å². The number of fused-ring (bicyclic) bond motifs is 3. The topological polar surface area (TPSA) is 60.1 Å². The molecule has 1 unspecified atom stereocenters. The van der Waals surface area contributed by atoms with Gasteiger partial charge in [-0.3, -0.25) is 4.79 Å². The van der Waals surface area contributed by atoms with Gasteiger partial charge in [0.2, 0.25) is 0 Å². The van der Waals surface area contributed by atoms with Gasteiger partial charge in [-0.25, -0.2) is 4.52 Å². The van der Waals surface area contributed by atoms with E-state index in [1.165, 1.54) is 11.1 Å². The number of hydrogen-bond acceptors (Lipinski definition) is 4. The lowest BCUT2D eigenvalue weighted by Crippen LogP contribution is -2.24. The lowest BCUT2D eigenvalue weighted by molar-refractivity contribution is 0.0955. The Labute approximate surface area is 186 Å². The number of rotatable bonds is 3. The molecule has 0 radical (unpaired) electrons. The highest BCUT2D eigenvalue weighted by atomic mass is 35.5. The molecule has 0 fully saturated rings. The number of halogens is 1. The van der Waals surface area contributed by atoms with Crippen molar-refractivity contribution in [2.75, 3.05) is 0 Å². The van der Waals surface area contributed by atoms with Crippen molar-refractivity contribution in [2.45, 2.75) is 45.4 Å². The van der Waals surface area contributed by atoms with E-state index in [2.05, 4.69) is 48.3 Å². The van der Waals surface area contributed by atoms with E-state index in [0.29, 0.717) is 35.1 Å². The Morgan fingerprint density at radius 3 is 2.55 bits per heavy atom. The number of carbonyl (C=O) groups excluding carboxylic acids is 1. The summed E-state index contributed by atoms with van der Waals surface area (Å²) in [6.07, 6.45) is 1.14. The Morgan fingerprint density at radius 2 is 1.84 bits per heavy atom. The summed E-state index contributed by atoms with van der Waals surface area (Å²) in [5.41, 5.74) is 7.06. The van der Waals surface area contributed by atoms with Crippen LogP contribution in [0.15, 0.2) is 48.5 Å². The first kappa shape index (κ1) is 19.9. The molecule has 6 heteroatoms. The number of Topliss-reactive ketones (excluding diaryl/α,β-unsaturated/α-hetero) is 1. The van der Waals surface area contributed by atoms with Crippen molar-refractivity contribution in [2.24, 2.45) is 0 Å². The van der Waals surface area contributed by atoms with Crippen molar-refractivity contribution in [1.29, 1.82) is 0 Å². The van der Waals surface area contributed by atoms with Crippen LogP contribution in [0.3, 0.4) is 0 Å². The van der Waals surface area contributed by atoms with Gasteiger partial charge in [-0.2, -0.15) is 5.10 Å². The van der Waals surface area contributed by atoms with Crippen molar-refractivity contribution in [3.63, 3.8) is 0 Å². The molecule has 4 aromatic rings. The molecule has 2 aromatic carbocycles. The molecule has 0 spiro atoms. The zero-order valence-electron chi connectivity index (χ0n) is 17.8. The van der Waals surface area contributed by atoms with Gasteiger partial charge in [0.05, 0.1) is 17.0 Å². The summed E-state index contributed by atoms with van der Waals surface area (Å²) in [6, 6.07) is 16.3. The van der Waals surface area contributed by atoms with Crippen LogP contribution in [0.5, 0.6) is 0 Å². The number of aromatic nitrogens is 4. The lowest BCUT2D eigenvalue weighted by Gasteiger charge is -2.23. The molecule has 0 saturated heterocycles. The minimum atomic E-state index is 0.0195. The van der Waals surface area contributed by atoms with Gasteiger partial charge < -0.3 is 0 Å². The fourth-order valence-corrected chi connectivity index (χ4v) is 4.64. The van der Waals surface area contributed by atoms with Crippen molar-refractivity contribution in [3.05, 3.63) is 81.8 Å². The monoisotopic (exact) mass is 430 g/mol. The normalized spacial score (nSPS) is 16.2. The summed E-state index contributed by atoms with van der Waals surface area (Å²) in [5.74, 6) is 0.605. The number of nitrogens with zero attached hydrogens (tertiary/aromatic N) is 4. The highest BCUT2D eigenvalue weighted by molar-refractivity contribution is 6.30. The van der Waals surface area contributed by atoms with E-state index in [0.717, 1.165) is 22.5 Å². The van der Waals surface area contributed by atoms with Gasteiger partial charge in [-0.1, -0.05) is 61.8 Å². The molecule has 0 amide bonds. The molecule has 5 rings (SSSR count). The average molecular weight is 431 g/mol. The Kier molecular flexibility index (Phi) is 4.86. The number of carbonyl (C=O) groups is 1. The predicted octanol–water partition coefficient (Wildman–Crippen LogP) is 5.79. The molecule has 31 heavy (non-hydrogen) atoms. The van der Waals surface area contributed by atoms with Gasteiger partial charge in [0.1, 0.15) is 0 Å². The maximum Gasteiger partial charge on any atom is 0.185 e. The van der Waals surface area contributed by atoms with E-state index >= 15 is 0 Å². The predicted molar refractivity (Wildman–Crippen MR) is 122 cm³/mol. The number of aryl methyl sites for hydroxylation is 1. The molecule has 1 aliphatic carbocycles. The molecule has 2 heterocycles. The summed E-state index contributed by atoms with van der Waals surface area (Å²) in [4.78, 5) is 12.9. The van der Waals surface area contributed by atoms with E-state index in [4.69, 9.17) is 16.7 Å². The number of hydrogen-bond donors (Lipinski definition) is 0. The smallest absolute Gasteiger partial charge is 0.185 e. The quantitative estimate of drug-likeness (QED) is 0.412. The molecular formula is C25H23ClN4O. The van der Waals surface area contributed by atoms with Gasteiger partial charge in [-0.05, 0) is 54.0 Å². The second-order valence-electron chi connectivity index (χ2n) is 8.55. The summed E-state index contributed by atoms with van der Waals surface area (Å²) in [6.45, 7) is 6.31. The Balaban J connectivity index is 1.60. The zero-order valence-corrected chi connectivity index (χ0v) is 18.5. The summed E-state index contributed by atoms with van der Waals surface area (Å²) in [7, 11) is 0. The zero-order chi connectivity index (χ0) is 21.7. The molecule has 156 valence electrons. The Hall–Kier alpha value is -3.05. The second-order valence-corrected chi connectivity index (χ2v) is 8.99. The lowest BCUT2D eigenvalue weighted by atomic mass is 9.83. The van der Waals surface area contributed by atoms with Gasteiger partial charge in [-0.15, -0.1) is 10.2 Å². The van der Waals surface area contributed by atoms with Crippen LogP contribution in [0.4, 0.5) is 0 Å². The van der Waals surface area contributed by atoms with Crippen molar-refractivity contribution < 1.29 is 4.79 Å². The van der Waals surface area contributed by atoms with Crippen LogP contribution in [-0.2, 0) is 6.42 Å². The second kappa shape index (κ2) is 7.57. The highest BCUT2D eigenvalue weighted by Gasteiger charge is 2.31. The maximum absolute atomic E-state index is 12.9. The van der Waals surface area contributed by atoms with Crippen LogP contribution in [-0.4, -0.2) is 25.6 Å². The van der Waals surface area contributed by atoms with E-state index in [9.17, 15) is 4.79 Å². The third-order valence-corrected chi connectivity index (χ3v) is 6.37. The summed E-state index contributed by atoms with van der Waals surface area (Å²) >= 11 is 6.21. The third-order valence-electron chi connectivity index (χ3n) is 6.13. The Bertz CT molecular complexity index is 1310. The van der Waals surface area contributed by atoms with E-state index in [1.54, 1.807) is 4.52 Å². The summed E-state index contributed by atoms with van der Waals surface area (Å²) < 4.78 is 1.81. The fraction of sp³-hybridized carbons (Fsp3) is 0.280. The largest absolute Gasteiger partial charge is 0.292 e. The first-order valence-corrected chi connectivity index (χ1v) is 10.9. The molecular weight excluding hydrogens is 408 g/mol. The minimum Gasteiger partial charge on any atom is -0.292 e. The third kappa shape index (κ3) is 3.43.